The Morgan fingerprint density at radius 3 is 2.51 bits per heavy atom. The molecule has 2 aromatic carbocycles. The fourth-order valence-electron chi connectivity index (χ4n) is 4.96. The zero-order chi connectivity index (χ0) is 27.7. The van der Waals surface area contributed by atoms with Crippen molar-refractivity contribution < 1.29 is 22.4 Å². The van der Waals surface area contributed by atoms with E-state index in [1.165, 1.54) is 23.5 Å². The average molecular weight is 540 g/mol. The van der Waals surface area contributed by atoms with Crippen LogP contribution < -0.4 is 16.0 Å². The molecule has 3 heterocycles. The molecule has 0 spiro atoms. The zero-order valence-corrected chi connectivity index (χ0v) is 20.9. The van der Waals surface area contributed by atoms with E-state index in [-0.39, 0.29) is 18.2 Å². The normalized spacial score (nSPS) is 17.3. The van der Waals surface area contributed by atoms with Gasteiger partial charge in [0.1, 0.15) is 35.9 Å². The van der Waals surface area contributed by atoms with Gasteiger partial charge in [0.25, 0.3) is 5.91 Å². The summed E-state index contributed by atoms with van der Waals surface area (Å²) in [4.78, 5) is 23.0. The highest BCUT2D eigenvalue weighted by atomic mass is 19.1. The van der Waals surface area contributed by atoms with Crippen LogP contribution >= 0.6 is 0 Å². The molecule has 0 aliphatic carbocycles. The molecule has 0 saturated carbocycles. The largest absolute Gasteiger partial charge is 0.368 e. The van der Waals surface area contributed by atoms with Gasteiger partial charge in [0.05, 0.1) is 40.8 Å². The number of amides is 1. The standard InChI is InChI=1S/C27H25F4N7O/c1-15-6-17(32)12-37(10-15)23-4-5-33-9-22(23)36-27(39)18-2-3-19(28)25(26(18)31)24-20(29)7-16(8-21(24)30)11-38-14-34-13-35-38/h2-5,7-9,13-15,17H,6,10-12,32H2,1H3,(H,36,39)/t15-,17+/m1/s1. The first-order valence-corrected chi connectivity index (χ1v) is 12.3. The minimum absolute atomic E-state index is 0.00429. The molecule has 2 aromatic heterocycles. The van der Waals surface area contributed by atoms with Crippen LogP contribution in [-0.2, 0) is 6.54 Å². The lowest BCUT2D eigenvalue weighted by Gasteiger charge is -2.37. The summed E-state index contributed by atoms with van der Waals surface area (Å²) >= 11 is 0. The molecule has 1 amide bonds. The summed E-state index contributed by atoms with van der Waals surface area (Å²) in [5.41, 5.74) is 4.80. The zero-order valence-electron chi connectivity index (χ0n) is 20.9. The molecular weight excluding hydrogens is 514 g/mol. The number of pyridine rings is 1. The third kappa shape index (κ3) is 5.46. The number of aromatic nitrogens is 4. The van der Waals surface area contributed by atoms with Crippen LogP contribution in [0.25, 0.3) is 11.1 Å². The fourth-order valence-corrected chi connectivity index (χ4v) is 4.96. The summed E-state index contributed by atoms with van der Waals surface area (Å²) in [6.07, 6.45) is 6.46. The predicted octanol–water partition coefficient (Wildman–Crippen LogP) is 4.37. The molecule has 5 rings (SSSR count). The van der Waals surface area contributed by atoms with Gasteiger partial charge in [-0.15, -0.1) is 0 Å². The molecule has 8 nitrogen and oxygen atoms in total. The maximum atomic E-state index is 15.6. The summed E-state index contributed by atoms with van der Waals surface area (Å²) < 4.78 is 61.8. The van der Waals surface area contributed by atoms with Crippen LogP contribution in [0.3, 0.4) is 0 Å². The summed E-state index contributed by atoms with van der Waals surface area (Å²) in [5, 5.41) is 6.48. The maximum Gasteiger partial charge on any atom is 0.258 e. The van der Waals surface area contributed by atoms with E-state index in [9.17, 15) is 9.18 Å². The van der Waals surface area contributed by atoms with E-state index in [1.54, 1.807) is 12.3 Å². The van der Waals surface area contributed by atoms with Crippen LogP contribution in [0.2, 0.25) is 0 Å². The van der Waals surface area contributed by atoms with Crippen molar-refractivity contribution in [3.8, 4) is 11.1 Å². The number of carbonyl (C=O) groups is 1. The third-order valence-electron chi connectivity index (χ3n) is 6.58. The van der Waals surface area contributed by atoms with Crippen LogP contribution in [0.4, 0.5) is 28.9 Å². The summed E-state index contributed by atoms with van der Waals surface area (Å²) in [6.45, 7) is 3.31. The van der Waals surface area contributed by atoms with Crippen molar-refractivity contribution in [1.82, 2.24) is 19.7 Å². The van der Waals surface area contributed by atoms with Gasteiger partial charge in [-0.3, -0.25) is 9.78 Å². The monoisotopic (exact) mass is 539 g/mol. The molecule has 202 valence electrons. The van der Waals surface area contributed by atoms with Crippen molar-refractivity contribution in [2.45, 2.75) is 25.9 Å². The van der Waals surface area contributed by atoms with Gasteiger partial charge in [0, 0.05) is 25.3 Å². The highest BCUT2D eigenvalue weighted by molar-refractivity contribution is 6.06. The molecule has 3 N–H and O–H groups in total. The van der Waals surface area contributed by atoms with E-state index in [1.807, 2.05) is 4.90 Å². The Morgan fingerprint density at radius 1 is 1.05 bits per heavy atom. The number of anilines is 2. The maximum absolute atomic E-state index is 15.6. The molecule has 0 bridgehead atoms. The van der Waals surface area contributed by atoms with Crippen molar-refractivity contribution >= 4 is 17.3 Å². The summed E-state index contributed by atoms with van der Waals surface area (Å²) in [7, 11) is 0. The number of nitrogens with two attached hydrogens (primary N) is 1. The van der Waals surface area contributed by atoms with Crippen LogP contribution in [0.15, 0.2) is 55.4 Å². The SMILES string of the molecule is C[C@@H]1C[C@H](N)CN(c2ccncc2NC(=O)c2ccc(F)c(-c3c(F)cc(Cn4cncn4)cc3F)c2F)C1. The number of hydrogen-bond acceptors (Lipinski definition) is 6. The Balaban J connectivity index is 1.46. The van der Waals surface area contributed by atoms with Crippen LogP contribution in [0, 0.1) is 29.2 Å². The molecule has 2 atom stereocenters. The number of nitrogens with one attached hydrogen (secondary N) is 1. The van der Waals surface area contributed by atoms with Gasteiger partial charge in [-0.25, -0.2) is 27.2 Å². The highest BCUT2D eigenvalue weighted by Crippen LogP contribution is 2.34. The van der Waals surface area contributed by atoms with Gasteiger partial charge in [-0.05, 0) is 48.2 Å². The Kier molecular flexibility index (Phi) is 7.29. The Hall–Kier alpha value is -4.32. The minimum Gasteiger partial charge on any atom is -0.368 e. The van der Waals surface area contributed by atoms with Crippen molar-refractivity contribution in [3.05, 3.63) is 89.8 Å². The van der Waals surface area contributed by atoms with Crippen LogP contribution in [0.5, 0.6) is 0 Å². The first-order chi connectivity index (χ1) is 18.7. The quantitative estimate of drug-likeness (QED) is 0.353. The second-order valence-corrected chi connectivity index (χ2v) is 9.66. The smallest absolute Gasteiger partial charge is 0.258 e. The lowest BCUT2D eigenvalue weighted by Crippen LogP contribution is -2.46. The number of carbonyl (C=O) groups excluding carboxylic acids is 1. The van der Waals surface area contributed by atoms with E-state index in [0.717, 1.165) is 30.7 Å². The Bertz CT molecular complexity index is 1480. The number of halogens is 4. The fraction of sp³-hybridized carbons (Fsp3) is 0.259. The Labute approximate surface area is 221 Å². The Morgan fingerprint density at radius 2 is 1.82 bits per heavy atom. The predicted molar refractivity (Wildman–Crippen MR) is 137 cm³/mol. The second-order valence-electron chi connectivity index (χ2n) is 9.66. The van der Waals surface area contributed by atoms with Crippen LogP contribution in [-0.4, -0.2) is 44.8 Å². The lowest BCUT2D eigenvalue weighted by atomic mass is 9.96. The molecule has 0 unspecified atom stereocenters. The highest BCUT2D eigenvalue weighted by Gasteiger charge is 2.27. The number of nitrogens with zero attached hydrogens (tertiary/aromatic N) is 5. The van der Waals surface area contributed by atoms with Crippen molar-refractivity contribution in [2.24, 2.45) is 11.7 Å². The van der Waals surface area contributed by atoms with E-state index < -0.39 is 45.9 Å². The third-order valence-corrected chi connectivity index (χ3v) is 6.58. The number of piperidine rings is 1. The lowest BCUT2D eigenvalue weighted by molar-refractivity contribution is 0.102. The second kappa shape index (κ2) is 10.8. The number of rotatable bonds is 6. The molecule has 4 aromatic rings. The molecule has 1 aliphatic heterocycles. The first-order valence-electron chi connectivity index (χ1n) is 12.3. The molecule has 12 heteroatoms. The van der Waals surface area contributed by atoms with Crippen molar-refractivity contribution in [3.63, 3.8) is 0 Å². The van der Waals surface area contributed by atoms with E-state index in [4.69, 9.17) is 5.73 Å². The molecule has 0 radical (unpaired) electrons. The van der Waals surface area contributed by atoms with Gasteiger partial charge in [-0.2, -0.15) is 5.10 Å². The van der Waals surface area contributed by atoms with E-state index in [2.05, 4.69) is 27.3 Å². The molecule has 1 fully saturated rings. The minimum atomic E-state index is -1.40. The molecule has 1 aliphatic rings. The first kappa shape index (κ1) is 26.3. The van der Waals surface area contributed by atoms with Gasteiger partial charge in [0.2, 0.25) is 0 Å². The number of hydrogen-bond donors (Lipinski definition) is 2. The average Bonchev–Trinajstić information content (AvgIpc) is 3.38. The molecule has 1 saturated heterocycles. The van der Waals surface area contributed by atoms with Gasteiger partial charge in [-0.1, -0.05) is 6.92 Å². The molecule has 39 heavy (non-hydrogen) atoms. The van der Waals surface area contributed by atoms with Crippen molar-refractivity contribution in [2.75, 3.05) is 23.3 Å². The van der Waals surface area contributed by atoms with Crippen molar-refractivity contribution in [1.29, 1.82) is 0 Å². The van der Waals surface area contributed by atoms with Gasteiger partial charge < -0.3 is 16.0 Å². The van der Waals surface area contributed by atoms with Gasteiger partial charge >= 0.3 is 0 Å². The molecular formula is C27H25F4N7O. The van der Waals surface area contributed by atoms with E-state index >= 15 is 13.2 Å². The summed E-state index contributed by atoms with van der Waals surface area (Å²) in [5.74, 6) is -5.61. The number of benzene rings is 2. The van der Waals surface area contributed by atoms with Gasteiger partial charge in [0.15, 0.2) is 0 Å². The van der Waals surface area contributed by atoms with Crippen LogP contribution in [0.1, 0.15) is 29.3 Å². The van der Waals surface area contributed by atoms with E-state index in [0.29, 0.717) is 30.4 Å². The topological polar surface area (TPSA) is 102 Å². The summed E-state index contributed by atoms with van der Waals surface area (Å²) in [6, 6.07) is 5.28.